The number of nitrogens with one attached hydrogen (secondary N) is 1. The number of aromatic nitrogens is 2. The number of unbranched alkanes of at least 4 members (excludes halogenated alkanes) is 1. The van der Waals surface area contributed by atoms with Crippen molar-refractivity contribution in [3.8, 4) is 0 Å². The second-order valence-corrected chi connectivity index (χ2v) is 9.55. The van der Waals surface area contributed by atoms with Gasteiger partial charge in [-0.25, -0.2) is 0 Å². The molecule has 0 saturated carbocycles. The Labute approximate surface area is 214 Å². The Morgan fingerprint density at radius 1 is 1.00 bits per heavy atom. The minimum Gasteiger partial charge on any atom is -0.330 e. The molecule has 2 unspecified atom stereocenters. The SMILES string of the molecule is NCCCCC(N)C(=O)N(Cc1ccc(CNCc2ccccn2)cc1)C1CCCc2cccnc21. The van der Waals surface area contributed by atoms with E-state index in [1.165, 1.54) is 11.1 Å². The minimum absolute atomic E-state index is 0.00312. The summed E-state index contributed by atoms with van der Waals surface area (Å²) in [6.07, 6.45) is 8.97. The van der Waals surface area contributed by atoms with Crippen molar-refractivity contribution < 1.29 is 4.79 Å². The van der Waals surface area contributed by atoms with Crippen molar-refractivity contribution in [1.82, 2.24) is 20.2 Å². The highest BCUT2D eigenvalue weighted by atomic mass is 16.2. The van der Waals surface area contributed by atoms with E-state index in [9.17, 15) is 4.79 Å². The summed E-state index contributed by atoms with van der Waals surface area (Å²) in [4.78, 5) is 24.6. The fraction of sp³-hybridized carbons (Fsp3) is 0.414. The third-order valence-electron chi connectivity index (χ3n) is 6.85. The molecule has 2 heterocycles. The average Bonchev–Trinajstić information content (AvgIpc) is 2.92. The van der Waals surface area contributed by atoms with E-state index in [1.54, 1.807) is 0 Å². The lowest BCUT2D eigenvalue weighted by molar-refractivity contribution is -0.136. The third-order valence-corrected chi connectivity index (χ3v) is 6.85. The summed E-state index contributed by atoms with van der Waals surface area (Å²) in [5.74, 6) is -0.00312. The third kappa shape index (κ3) is 6.97. The van der Waals surface area contributed by atoms with E-state index in [-0.39, 0.29) is 11.9 Å². The molecule has 0 spiro atoms. The molecule has 0 bridgehead atoms. The van der Waals surface area contributed by atoms with E-state index in [0.29, 0.717) is 19.5 Å². The number of nitrogens with two attached hydrogens (primary N) is 2. The van der Waals surface area contributed by atoms with Crippen molar-refractivity contribution in [2.45, 2.75) is 70.2 Å². The quantitative estimate of drug-likeness (QED) is 0.337. The number of carbonyl (C=O) groups excluding carboxylic acids is 1. The van der Waals surface area contributed by atoms with E-state index in [0.717, 1.165) is 62.1 Å². The van der Waals surface area contributed by atoms with Gasteiger partial charge < -0.3 is 21.7 Å². The summed E-state index contributed by atoms with van der Waals surface area (Å²) in [7, 11) is 0. The topological polar surface area (TPSA) is 110 Å². The van der Waals surface area contributed by atoms with Crippen LogP contribution in [0.25, 0.3) is 0 Å². The predicted octanol–water partition coefficient (Wildman–Crippen LogP) is 3.63. The fourth-order valence-electron chi connectivity index (χ4n) is 4.87. The van der Waals surface area contributed by atoms with Crippen molar-refractivity contribution in [3.05, 3.63) is 95.1 Å². The first kappa shape index (κ1) is 25.9. The normalized spacial score (nSPS) is 15.8. The molecule has 0 aliphatic heterocycles. The molecular weight excluding hydrogens is 448 g/mol. The van der Waals surface area contributed by atoms with Gasteiger partial charge in [-0.05, 0) is 73.5 Å². The van der Waals surface area contributed by atoms with Crippen LogP contribution in [0.4, 0.5) is 0 Å². The van der Waals surface area contributed by atoms with Crippen LogP contribution in [0.5, 0.6) is 0 Å². The van der Waals surface area contributed by atoms with Crippen LogP contribution in [0, 0.1) is 0 Å². The van der Waals surface area contributed by atoms with Crippen LogP contribution < -0.4 is 16.8 Å². The van der Waals surface area contributed by atoms with Crippen LogP contribution in [0.2, 0.25) is 0 Å². The maximum atomic E-state index is 13.6. The highest BCUT2D eigenvalue weighted by molar-refractivity contribution is 5.82. The largest absolute Gasteiger partial charge is 0.330 e. The zero-order valence-corrected chi connectivity index (χ0v) is 21.0. The second-order valence-electron chi connectivity index (χ2n) is 9.55. The van der Waals surface area contributed by atoms with Crippen LogP contribution in [-0.2, 0) is 30.8 Å². The Bertz CT molecular complexity index is 1090. The second kappa shape index (κ2) is 13.3. The zero-order chi connectivity index (χ0) is 25.2. The lowest BCUT2D eigenvalue weighted by Gasteiger charge is -2.36. The first-order valence-electron chi connectivity index (χ1n) is 13.0. The Morgan fingerprint density at radius 3 is 2.58 bits per heavy atom. The molecule has 190 valence electrons. The summed E-state index contributed by atoms with van der Waals surface area (Å²) in [5.41, 5.74) is 17.6. The highest BCUT2D eigenvalue weighted by Crippen LogP contribution is 2.34. The van der Waals surface area contributed by atoms with Crippen molar-refractivity contribution in [2.75, 3.05) is 6.54 Å². The first-order valence-corrected chi connectivity index (χ1v) is 13.0. The fourth-order valence-corrected chi connectivity index (χ4v) is 4.87. The number of rotatable bonds is 12. The Hall–Kier alpha value is -3.13. The van der Waals surface area contributed by atoms with Crippen molar-refractivity contribution >= 4 is 5.91 Å². The standard InChI is InChI=1S/C29H38N6O/c30-16-3-1-10-26(31)29(36)35(27-11-5-7-24-8-6-18-34-28(24)27)21-23-14-12-22(13-15-23)19-32-20-25-9-2-4-17-33-25/h2,4,6,8-9,12-15,17-18,26-27,32H,1,3,5,7,10-11,16,19-21,30-31H2. The number of carbonyl (C=O) groups is 1. The molecule has 1 aromatic carbocycles. The Morgan fingerprint density at radius 2 is 1.81 bits per heavy atom. The van der Waals surface area contributed by atoms with Crippen LogP contribution in [-0.4, -0.2) is 33.4 Å². The molecule has 7 heteroatoms. The van der Waals surface area contributed by atoms with Crippen molar-refractivity contribution in [2.24, 2.45) is 11.5 Å². The summed E-state index contributed by atoms with van der Waals surface area (Å²) < 4.78 is 0. The molecule has 0 radical (unpaired) electrons. The van der Waals surface area contributed by atoms with Crippen molar-refractivity contribution in [1.29, 1.82) is 0 Å². The minimum atomic E-state index is -0.527. The number of aryl methyl sites for hydroxylation is 1. The molecular formula is C29H38N6O. The smallest absolute Gasteiger partial charge is 0.240 e. The van der Waals surface area contributed by atoms with Gasteiger partial charge in [-0.2, -0.15) is 0 Å². The predicted molar refractivity (Wildman–Crippen MR) is 143 cm³/mol. The van der Waals surface area contributed by atoms with Gasteiger partial charge in [0.2, 0.25) is 5.91 Å². The number of nitrogens with zero attached hydrogens (tertiary/aromatic N) is 3. The zero-order valence-electron chi connectivity index (χ0n) is 21.0. The Balaban J connectivity index is 1.45. The number of hydrogen-bond donors (Lipinski definition) is 3. The maximum absolute atomic E-state index is 13.6. The Kier molecular flexibility index (Phi) is 9.55. The van der Waals surface area contributed by atoms with E-state index in [4.69, 9.17) is 11.5 Å². The van der Waals surface area contributed by atoms with Gasteiger partial charge in [0.25, 0.3) is 0 Å². The lowest BCUT2D eigenvalue weighted by Crippen LogP contribution is -2.46. The number of hydrogen-bond acceptors (Lipinski definition) is 6. The van der Waals surface area contributed by atoms with Crippen LogP contribution in [0.3, 0.4) is 0 Å². The molecule has 1 aliphatic rings. The maximum Gasteiger partial charge on any atom is 0.240 e. The van der Waals surface area contributed by atoms with Gasteiger partial charge in [-0.15, -0.1) is 0 Å². The molecule has 1 amide bonds. The first-order chi connectivity index (χ1) is 17.7. The van der Waals surface area contributed by atoms with Gasteiger partial charge in [0, 0.05) is 32.0 Å². The summed E-state index contributed by atoms with van der Waals surface area (Å²) >= 11 is 0. The number of pyridine rings is 2. The van der Waals surface area contributed by atoms with E-state index in [1.807, 2.05) is 41.6 Å². The van der Waals surface area contributed by atoms with Crippen molar-refractivity contribution in [3.63, 3.8) is 0 Å². The molecule has 4 rings (SSSR count). The molecule has 0 fully saturated rings. The molecule has 36 heavy (non-hydrogen) atoms. The number of benzene rings is 1. The molecule has 0 saturated heterocycles. The van der Waals surface area contributed by atoms with Crippen LogP contribution >= 0.6 is 0 Å². The van der Waals surface area contributed by atoms with E-state index in [2.05, 4.69) is 45.6 Å². The lowest BCUT2D eigenvalue weighted by atomic mass is 9.90. The summed E-state index contributed by atoms with van der Waals surface area (Å²) in [5, 5.41) is 3.44. The van der Waals surface area contributed by atoms with Gasteiger partial charge in [0.05, 0.1) is 23.5 Å². The number of fused-ring (bicyclic) bond motifs is 1. The molecule has 3 aromatic rings. The van der Waals surface area contributed by atoms with Crippen LogP contribution in [0.1, 0.15) is 66.2 Å². The van der Waals surface area contributed by atoms with Crippen LogP contribution in [0.15, 0.2) is 67.0 Å². The molecule has 5 N–H and O–H groups in total. The van der Waals surface area contributed by atoms with E-state index < -0.39 is 6.04 Å². The molecule has 2 aromatic heterocycles. The summed E-state index contributed by atoms with van der Waals surface area (Å²) in [6.45, 7) is 2.62. The number of amides is 1. The monoisotopic (exact) mass is 486 g/mol. The van der Waals surface area contributed by atoms with E-state index >= 15 is 0 Å². The average molecular weight is 487 g/mol. The van der Waals surface area contributed by atoms with Gasteiger partial charge in [-0.3, -0.25) is 14.8 Å². The molecule has 1 aliphatic carbocycles. The summed E-state index contributed by atoms with van der Waals surface area (Å²) in [6, 6.07) is 17.9. The van der Waals surface area contributed by atoms with Gasteiger partial charge in [0.15, 0.2) is 0 Å². The van der Waals surface area contributed by atoms with Gasteiger partial charge in [0.1, 0.15) is 0 Å². The molecule has 2 atom stereocenters. The highest BCUT2D eigenvalue weighted by Gasteiger charge is 2.32. The molecule has 7 nitrogen and oxygen atoms in total. The van der Waals surface area contributed by atoms with Gasteiger partial charge >= 0.3 is 0 Å². The van der Waals surface area contributed by atoms with Gasteiger partial charge in [-0.1, -0.05) is 42.8 Å².